The molecule has 1 fully saturated rings. The molecule has 5 heteroatoms. The number of benzene rings is 1. The minimum absolute atomic E-state index is 0.138. The molecule has 1 aliphatic carbocycles. The fraction of sp³-hybridized carbons (Fsp3) is 0.429. The summed E-state index contributed by atoms with van der Waals surface area (Å²) in [6, 6.07) is 7.12. The maximum absolute atomic E-state index is 12.4. The highest BCUT2D eigenvalue weighted by molar-refractivity contribution is 7.14. The third-order valence-corrected chi connectivity index (χ3v) is 6.46. The van der Waals surface area contributed by atoms with Crippen LogP contribution in [0.15, 0.2) is 29.6 Å². The van der Waals surface area contributed by atoms with Crippen LogP contribution in [0.5, 0.6) is 0 Å². The summed E-state index contributed by atoms with van der Waals surface area (Å²) in [4.78, 5) is 24.9. The number of carbonyl (C=O) groups excluding carboxylic acids is 1. The van der Waals surface area contributed by atoms with Crippen LogP contribution in [-0.2, 0) is 11.2 Å². The summed E-state index contributed by atoms with van der Waals surface area (Å²) >= 11 is 7.29. The number of carboxylic acids is 1. The molecule has 1 aromatic heterocycles. The van der Waals surface area contributed by atoms with Gasteiger partial charge in [-0.25, -0.2) is 4.79 Å². The smallest absolute Gasteiger partial charge is 0.337 e. The predicted molar refractivity (Wildman–Crippen MR) is 106 cm³/mol. The van der Waals surface area contributed by atoms with E-state index in [1.807, 2.05) is 17.5 Å². The van der Waals surface area contributed by atoms with Crippen molar-refractivity contribution in [1.82, 2.24) is 0 Å². The van der Waals surface area contributed by atoms with Crippen LogP contribution in [0.1, 0.15) is 60.9 Å². The van der Waals surface area contributed by atoms with E-state index >= 15 is 0 Å². The van der Waals surface area contributed by atoms with Gasteiger partial charge < -0.3 is 5.11 Å². The molecule has 0 unspecified atom stereocenters. The summed E-state index contributed by atoms with van der Waals surface area (Å²) in [5.74, 6) is -0.177. The molecule has 1 aromatic carbocycles. The molecule has 3 rings (SSSR count). The maximum Gasteiger partial charge on any atom is 0.337 e. The number of halogens is 1. The number of hydrogen-bond acceptors (Lipinski definition) is 3. The van der Waals surface area contributed by atoms with E-state index in [1.165, 1.54) is 43.4 Å². The van der Waals surface area contributed by atoms with E-state index in [9.17, 15) is 14.7 Å². The highest BCUT2D eigenvalue weighted by atomic mass is 35.5. The second-order valence-corrected chi connectivity index (χ2v) is 8.35. The number of carboxylic acid groups (broad SMARTS) is 1. The highest BCUT2D eigenvalue weighted by Crippen LogP contribution is 2.34. The van der Waals surface area contributed by atoms with Crippen LogP contribution in [0, 0.1) is 5.92 Å². The zero-order valence-corrected chi connectivity index (χ0v) is 16.2. The zero-order valence-electron chi connectivity index (χ0n) is 14.7. The molecule has 138 valence electrons. The van der Waals surface area contributed by atoms with Crippen molar-refractivity contribution in [2.45, 2.75) is 51.4 Å². The maximum atomic E-state index is 12.4. The Kier molecular flexibility index (Phi) is 6.49. The van der Waals surface area contributed by atoms with E-state index in [4.69, 9.17) is 11.6 Å². The van der Waals surface area contributed by atoms with Gasteiger partial charge in [0.2, 0.25) is 0 Å². The second kappa shape index (κ2) is 8.83. The minimum Gasteiger partial charge on any atom is -0.478 e. The van der Waals surface area contributed by atoms with E-state index < -0.39 is 5.97 Å². The summed E-state index contributed by atoms with van der Waals surface area (Å²) in [6.45, 7) is 0. The normalized spacial score (nSPS) is 15.1. The number of Topliss-reactive ketones (excluding diaryl/α,β-unsaturated/α-hetero) is 1. The Morgan fingerprint density at radius 1 is 1.12 bits per heavy atom. The van der Waals surface area contributed by atoms with Gasteiger partial charge in [-0.15, -0.1) is 11.3 Å². The molecule has 0 spiro atoms. The quantitative estimate of drug-likeness (QED) is 0.608. The second-order valence-electron chi connectivity index (χ2n) is 7.04. The molecular weight excluding hydrogens is 368 g/mol. The fourth-order valence-corrected chi connectivity index (χ4v) is 4.91. The zero-order chi connectivity index (χ0) is 18.5. The Hall–Kier alpha value is -1.65. The van der Waals surface area contributed by atoms with Crippen molar-refractivity contribution in [2.75, 3.05) is 0 Å². The minimum atomic E-state index is -0.980. The van der Waals surface area contributed by atoms with Gasteiger partial charge in [-0.05, 0) is 41.0 Å². The number of carbonyl (C=O) groups is 2. The molecule has 1 heterocycles. The first-order valence-electron chi connectivity index (χ1n) is 9.16. The molecule has 0 radical (unpaired) electrons. The first-order chi connectivity index (χ1) is 12.5. The van der Waals surface area contributed by atoms with Gasteiger partial charge in [0.05, 0.1) is 5.56 Å². The van der Waals surface area contributed by atoms with Gasteiger partial charge in [-0.3, -0.25) is 4.79 Å². The lowest BCUT2D eigenvalue weighted by molar-refractivity contribution is -0.118. The van der Waals surface area contributed by atoms with Crippen molar-refractivity contribution in [3.8, 4) is 10.4 Å². The molecule has 2 aromatic rings. The Balaban J connectivity index is 1.70. The van der Waals surface area contributed by atoms with Crippen LogP contribution in [0.25, 0.3) is 10.4 Å². The van der Waals surface area contributed by atoms with Crippen molar-refractivity contribution in [3.63, 3.8) is 0 Å². The average Bonchev–Trinajstić information content (AvgIpc) is 3.05. The predicted octanol–water partition coefficient (Wildman–Crippen LogP) is 6.24. The molecule has 0 bridgehead atoms. The number of thiophene rings is 1. The Morgan fingerprint density at radius 3 is 2.46 bits per heavy atom. The van der Waals surface area contributed by atoms with Crippen molar-refractivity contribution < 1.29 is 14.7 Å². The first kappa shape index (κ1) is 19.1. The van der Waals surface area contributed by atoms with Crippen LogP contribution < -0.4 is 0 Å². The Morgan fingerprint density at radius 2 is 1.81 bits per heavy atom. The molecule has 1 saturated carbocycles. The number of ketones is 1. The third kappa shape index (κ3) is 4.74. The molecular formula is C21H23ClO3S. The molecule has 0 aliphatic heterocycles. The van der Waals surface area contributed by atoms with Crippen LogP contribution >= 0.6 is 22.9 Å². The average molecular weight is 391 g/mol. The van der Waals surface area contributed by atoms with Crippen LogP contribution in [0.2, 0.25) is 5.02 Å². The van der Waals surface area contributed by atoms with E-state index in [-0.39, 0.29) is 17.8 Å². The molecule has 3 nitrogen and oxygen atoms in total. The van der Waals surface area contributed by atoms with E-state index in [0.717, 1.165) is 12.0 Å². The molecule has 0 atom stereocenters. The van der Waals surface area contributed by atoms with Crippen molar-refractivity contribution >= 4 is 34.7 Å². The highest BCUT2D eigenvalue weighted by Gasteiger charge is 2.22. The molecule has 1 N–H and O–H groups in total. The summed E-state index contributed by atoms with van der Waals surface area (Å²) in [5, 5.41) is 12.1. The van der Waals surface area contributed by atoms with E-state index in [2.05, 4.69) is 0 Å². The first-order valence-corrected chi connectivity index (χ1v) is 10.4. The fourth-order valence-electron chi connectivity index (χ4n) is 3.71. The standard InChI is InChI=1S/C21H23ClO3S/c22-17-9-7-15(8-10-17)20-19(21(24)25)16(13-26-20)12-18(23)11-6-14-4-2-1-3-5-14/h7-10,13-14H,1-6,11-12H2,(H,24,25). The van der Waals surface area contributed by atoms with Gasteiger partial charge in [0.1, 0.15) is 5.78 Å². The number of rotatable bonds is 7. The van der Waals surface area contributed by atoms with Gasteiger partial charge in [0.15, 0.2) is 0 Å². The molecule has 0 amide bonds. The van der Waals surface area contributed by atoms with Crippen LogP contribution in [0.3, 0.4) is 0 Å². The van der Waals surface area contributed by atoms with Gasteiger partial charge >= 0.3 is 5.97 Å². The molecule has 1 aliphatic rings. The number of aromatic carboxylic acids is 1. The lowest BCUT2D eigenvalue weighted by Crippen LogP contribution is -2.11. The van der Waals surface area contributed by atoms with Crippen molar-refractivity contribution in [3.05, 3.63) is 45.8 Å². The van der Waals surface area contributed by atoms with Gasteiger partial charge in [0.25, 0.3) is 0 Å². The summed E-state index contributed by atoms with van der Waals surface area (Å²) in [7, 11) is 0. The lowest BCUT2D eigenvalue weighted by atomic mass is 9.85. The van der Waals surface area contributed by atoms with Crippen molar-refractivity contribution in [1.29, 1.82) is 0 Å². The largest absolute Gasteiger partial charge is 0.478 e. The topological polar surface area (TPSA) is 54.4 Å². The summed E-state index contributed by atoms with van der Waals surface area (Å²) in [5.41, 5.74) is 1.70. The third-order valence-electron chi connectivity index (χ3n) is 5.13. The number of hydrogen-bond donors (Lipinski definition) is 1. The molecule has 0 saturated heterocycles. The lowest BCUT2D eigenvalue weighted by Gasteiger charge is -2.20. The monoisotopic (exact) mass is 390 g/mol. The SMILES string of the molecule is O=C(CCC1CCCCC1)Cc1csc(-c2ccc(Cl)cc2)c1C(=O)O. The van der Waals surface area contributed by atoms with E-state index in [1.54, 1.807) is 12.1 Å². The van der Waals surface area contributed by atoms with Gasteiger partial charge in [0, 0.05) is 22.7 Å². The Labute approximate surface area is 163 Å². The van der Waals surface area contributed by atoms with Gasteiger partial charge in [-0.1, -0.05) is 55.8 Å². The van der Waals surface area contributed by atoms with Crippen LogP contribution in [-0.4, -0.2) is 16.9 Å². The van der Waals surface area contributed by atoms with E-state index in [0.29, 0.717) is 27.8 Å². The molecule has 26 heavy (non-hydrogen) atoms. The summed E-state index contributed by atoms with van der Waals surface area (Å²) in [6.07, 6.45) is 8.02. The van der Waals surface area contributed by atoms with Gasteiger partial charge in [-0.2, -0.15) is 0 Å². The Bertz CT molecular complexity index is 773. The van der Waals surface area contributed by atoms with Crippen molar-refractivity contribution in [2.24, 2.45) is 5.92 Å². The van der Waals surface area contributed by atoms with Crippen LogP contribution in [0.4, 0.5) is 0 Å². The summed E-state index contributed by atoms with van der Waals surface area (Å²) < 4.78 is 0.